The summed E-state index contributed by atoms with van der Waals surface area (Å²) in [7, 11) is 0. The Bertz CT molecular complexity index is 336. The molecule has 2 N–H and O–H groups in total. The summed E-state index contributed by atoms with van der Waals surface area (Å²) in [5.74, 6) is -4.48. The molecule has 0 saturated heterocycles. The van der Waals surface area contributed by atoms with E-state index in [1.165, 1.54) is 0 Å². The first-order valence-electron chi connectivity index (χ1n) is 3.42. The van der Waals surface area contributed by atoms with Crippen LogP contribution in [-0.4, -0.2) is 27.9 Å². The molecular weight excluding hydrogens is 176 g/mol. The maximum Gasteiger partial charge on any atom is 0.335 e. The van der Waals surface area contributed by atoms with Crippen LogP contribution in [0.1, 0.15) is 0 Å². The standard InChI is InChI=1S/C8H6O5/c9-6-3-4(7(10)11)1-2-5(6)8(12)13/h1-3,5H,(H,10,11)(H,12,13). The van der Waals surface area contributed by atoms with Gasteiger partial charge in [0.05, 0.1) is 5.57 Å². The van der Waals surface area contributed by atoms with Gasteiger partial charge < -0.3 is 10.2 Å². The van der Waals surface area contributed by atoms with Gasteiger partial charge in [-0.15, -0.1) is 0 Å². The lowest BCUT2D eigenvalue weighted by Gasteiger charge is -2.07. The summed E-state index contributed by atoms with van der Waals surface area (Å²) in [5.41, 5.74) is -0.192. The van der Waals surface area contributed by atoms with Crippen LogP contribution >= 0.6 is 0 Å². The monoisotopic (exact) mass is 182 g/mol. The zero-order chi connectivity index (χ0) is 10.0. The Hall–Kier alpha value is -1.91. The summed E-state index contributed by atoms with van der Waals surface area (Å²) in [5, 5.41) is 16.9. The molecule has 1 aliphatic rings. The van der Waals surface area contributed by atoms with Gasteiger partial charge >= 0.3 is 11.9 Å². The fourth-order valence-electron chi connectivity index (χ4n) is 0.923. The number of carbonyl (C=O) groups excluding carboxylic acids is 1. The Morgan fingerprint density at radius 1 is 1.31 bits per heavy atom. The third kappa shape index (κ3) is 1.81. The summed E-state index contributed by atoms with van der Waals surface area (Å²) in [4.78, 5) is 31.7. The Morgan fingerprint density at radius 3 is 2.31 bits per heavy atom. The predicted octanol–water partition coefficient (Wildman–Crippen LogP) is -0.163. The molecule has 5 nitrogen and oxygen atoms in total. The highest BCUT2D eigenvalue weighted by atomic mass is 16.4. The molecule has 0 fully saturated rings. The average molecular weight is 182 g/mol. The van der Waals surface area contributed by atoms with E-state index in [1.54, 1.807) is 0 Å². The number of aliphatic carboxylic acids is 2. The summed E-state index contributed by atoms with van der Waals surface area (Å²) in [6.45, 7) is 0. The van der Waals surface area contributed by atoms with Gasteiger partial charge in [0.25, 0.3) is 0 Å². The van der Waals surface area contributed by atoms with Crippen LogP contribution in [0, 0.1) is 5.92 Å². The van der Waals surface area contributed by atoms with E-state index in [-0.39, 0.29) is 5.57 Å². The van der Waals surface area contributed by atoms with Crippen molar-refractivity contribution in [3.8, 4) is 0 Å². The highest BCUT2D eigenvalue weighted by Gasteiger charge is 2.25. The Labute approximate surface area is 73.0 Å². The largest absolute Gasteiger partial charge is 0.480 e. The highest BCUT2D eigenvalue weighted by Crippen LogP contribution is 2.13. The van der Waals surface area contributed by atoms with Crippen molar-refractivity contribution in [1.82, 2.24) is 0 Å². The van der Waals surface area contributed by atoms with Crippen molar-refractivity contribution in [1.29, 1.82) is 0 Å². The quantitative estimate of drug-likeness (QED) is 0.579. The van der Waals surface area contributed by atoms with Crippen molar-refractivity contribution in [2.75, 3.05) is 0 Å². The van der Waals surface area contributed by atoms with E-state index in [1.807, 2.05) is 0 Å². The topological polar surface area (TPSA) is 91.7 Å². The summed E-state index contributed by atoms with van der Waals surface area (Å²) in [6, 6.07) is 0. The van der Waals surface area contributed by atoms with Crippen molar-refractivity contribution < 1.29 is 24.6 Å². The minimum absolute atomic E-state index is 0.192. The maximum absolute atomic E-state index is 11.0. The molecule has 0 spiro atoms. The summed E-state index contributed by atoms with van der Waals surface area (Å²) < 4.78 is 0. The van der Waals surface area contributed by atoms with Gasteiger partial charge in [-0.05, 0) is 6.08 Å². The average Bonchev–Trinajstić information content (AvgIpc) is 2.03. The van der Waals surface area contributed by atoms with Crippen molar-refractivity contribution in [3.63, 3.8) is 0 Å². The van der Waals surface area contributed by atoms with Crippen LogP contribution < -0.4 is 0 Å². The number of hydrogen-bond donors (Lipinski definition) is 2. The van der Waals surface area contributed by atoms with Crippen LogP contribution in [0.4, 0.5) is 0 Å². The zero-order valence-corrected chi connectivity index (χ0v) is 6.43. The van der Waals surface area contributed by atoms with Crippen LogP contribution in [0.2, 0.25) is 0 Å². The third-order valence-corrected chi connectivity index (χ3v) is 1.59. The first-order valence-corrected chi connectivity index (χ1v) is 3.42. The van der Waals surface area contributed by atoms with Crippen molar-refractivity contribution >= 4 is 17.7 Å². The summed E-state index contributed by atoms with van der Waals surface area (Å²) in [6.07, 6.45) is 3.00. The molecule has 68 valence electrons. The fraction of sp³-hybridized carbons (Fsp3) is 0.125. The summed E-state index contributed by atoms with van der Waals surface area (Å²) >= 11 is 0. The molecule has 0 bridgehead atoms. The van der Waals surface area contributed by atoms with Crippen molar-refractivity contribution in [3.05, 3.63) is 23.8 Å². The molecule has 1 rings (SSSR count). The van der Waals surface area contributed by atoms with E-state index in [0.717, 1.165) is 18.2 Å². The minimum atomic E-state index is -1.28. The number of rotatable bonds is 2. The van der Waals surface area contributed by atoms with Crippen LogP contribution in [0.25, 0.3) is 0 Å². The molecule has 1 atom stereocenters. The molecule has 0 radical (unpaired) electrons. The minimum Gasteiger partial charge on any atom is -0.480 e. The fourth-order valence-corrected chi connectivity index (χ4v) is 0.923. The van der Waals surface area contributed by atoms with E-state index < -0.39 is 23.6 Å². The van der Waals surface area contributed by atoms with E-state index in [2.05, 4.69) is 0 Å². The smallest absolute Gasteiger partial charge is 0.335 e. The molecule has 0 aromatic rings. The Morgan fingerprint density at radius 2 is 1.92 bits per heavy atom. The SMILES string of the molecule is O=C(O)C1=CC(=O)C(C(=O)O)C=C1. The van der Waals surface area contributed by atoms with E-state index in [4.69, 9.17) is 10.2 Å². The molecule has 13 heavy (non-hydrogen) atoms. The molecule has 0 aromatic carbocycles. The molecule has 0 heterocycles. The van der Waals surface area contributed by atoms with E-state index >= 15 is 0 Å². The number of hydrogen-bond acceptors (Lipinski definition) is 3. The number of allylic oxidation sites excluding steroid dienone is 1. The lowest BCUT2D eigenvalue weighted by molar-refractivity contribution is -0.143. The molecule has 0 amide bonds. The van der Waals surface area contributed by atoms with Gasteiger partial charge in [-0.25, -0.2) is 4.79 Å². The molecule has 1 aliphatic carbocycles. The second-order valence-electron chi connectivity index (χ2n) is 2.48. The van der Waals surface area contributed by atoms with Gasteiger partial charge in [-0.1, -0.05) is 12.2 Å². The molecule has 5 heteroatoms. The predicted molar refractivity (Wildman–Crippen MR) is 41.0 cm³/mol. The van der Waals surface area contributed by atoms with Crippen molar-refractivity contribution in [2.45, 2.75) is 0 Å². The van der Waals surface area contributed by atoms with Crippen LogP contribution in [0.3, 0.4) is 0 Å². The van der Waals surface area contributed by atoms with E-state index in [0.29, 0.717) is 0 Å². The normalized spacial score (nSPS) is 21.1. The lowest BCUT2D eigenvalue weighted by Crippen LogP contribution is -2.23. The van der Waals surface area contributed by atoms with Crippen LogP contribution in [0.15, 0.2) is 23.8 Å². The second kappa shape index (κ2) is 3.22. The number of carbonyl (C=O) groups is 3. The van der Waals surface area contributed by atoms with Gasteiger partial charge in [0.1, 0.15) is 5.92 Å². The first kappa shape index (κ1) is 9.18. The van der Waals surface area contributed by atoms with Gasteiger partial charge in [-0.2, -0.15) is 0 Å². The third-order valence-electron chi connectivity index (χ3n) is 1.59. The van der Waals surface area contributed by atoms with Gasteiger partial charge in [0.2, 0.25) is 0 Å². The van der Waals surface area contributed by atoms with Crippen molar-refractivity contribution in [2.24, 2.45) is 5.92 Å². The number of carboxylic acid groups (broad SMARTS) is 2. The Balaban J connectivity index is 2.91. The molecule has 0 aromatic heterocycles. The zero-order valence-electron chi connectivity index (χ0n) is 6.43. The second-order valence-corrected chi connectivity index (χ2v) is 2.48. The maximum atomic E-state index is 11.0. The highest BCUT2D eigenvalue weighted by molar-refractivity contribution is 6.11. The van der Waals surface area contributed by atoms with E-state index in [9.17, 15) is 14.4 Å². The molecule has 0 aliphatic heterocycles. The van der Waals surface area contributed by atoms with Gasteiger partial charge in [-0.3, -0.25) is 9.59 Å². The van der Waals surface area contributed by atoms with Crippen LogP contribution in [-0.2, 0) is 14.4 Å². The Kier molecular flexibility index (Phi) is 2.27. The van der Waals surface area contributed by atoms with Crippen LogP contribution in [0.5, 0.6) is 0 Å². The number of carboxylic acids is 2. The van der Waals surface area contributed by atoms with Gasteiger partial charge in [0, 0.05) is 0 Å². The lowest BCUT2D eigenvalue weighted by atomic mass is 9.96. The molecule has 1 unspecified atom stereocenters. The molecule has 0 saturated carbocycles. The van der Waals surface area contributed by atoms with Gasteiger partial charge in [0.15, 0.2) is 5.78 Å². The number of ketones is 1. The first-order chi connectivity index (χ1) is 6.02. The molecular formula is C8H6O5.